The van der Waals surface area contributed by atoms with Gasteiger partial charge in [0.2, 0.25) is 5.82 Å². The highest BCUT2D eigenvalue weighted by molar-refractivity contribution is 5.47. The molecule has 0 unspecified atom stereocenters. The largest absolute Gasteiger partial charge is 0.451 e. The van der Waals surface area contributed by atoms with Gasteiger partial charge in [-0.1, -0.05) is 0 Å². The topological polar surface area (TPSA) is 62.3 Å². The van der Waals surface area contributed by atoms with Crippen LogP contribution in [0.25, 0.3) is 0 Å². The van der Waals surface area contributed by atoms with Crippen molar-refractivity contribution in [3.8, 4) is 0 Å². The van der Waals surface area contributed by atoms with Crippen molar-refractivity contribution in [2.45, 2.75) is 6.18 Å². The summed E-state index contributed by atoms with van der Waals surface area (Å²) >= 11 is 0. The molecule has 0 aromatic carbocycles. The molecule has 0 bridgehead atoms. The van der Waals surface area contributed by atoms with Gasteiger partial charge in [-0.05, 0) is 14.1 Å². The van der Waals surface area contributed by atoms with E-state index in [4.69, 9.17) is 4.74 Å². The molecule has 0 fully saturated rings. The minimum absolute atomic E-state index is 0.105. The zero-order valence-corrected chi connectivity index (χ0v) is 12.3. The summed E-state index contributed by atoms with van der Waals surface area (Å²) in [7, 11) is 5.36. The number of aromatic nitrogens is 2. The first-order valence-corrected chi connectivity index (χ1v) is 6.43. The quantitative estimate of drug-likeness (QED) is 0.710. The van der Waals surface area contributed by atoms with Gasteiger partial charge in [0, 0.05) is 26.2 Å². The first-order valence-electron chi connectivity index (χ1n) is 6.43. The first-order chi connectivity index (χ1) is 9.82. The van der Waals surface area contributed by atoms with E-state index < -0.39 is 12.0 Å². The molecule has 1 aromatic heterocycles. The minimum Gasteiger partial charge on any atom is -0.378 e. The third-order valence-corrected chi connectivity index (χ3v) is 2.47. The SMILES string of the molecule is CNc1cc(NCCOCCN(C)C)nc(C(F)(F)F)n1. The Balaban J connectivity index is 2.51. The molecule has 0 aliphatic heterocycles. The molecule has 0 amide bonds. The average Bonchev–Trinajstić information content (AvgIpc) is 2.41. The van der Waals surface area contributed by atoms with E-state index in [0.717, 1.165) is 6.54 Å². The van der Waals surface area contributed by atoms with E-state index in [0.29, 0.717) is 19.8 Å². The van der Waals surface area contributed by atoms with Gasteiger partial charge in [-0.25, -0.2) is 9.97 Å². The minimum atomic E-state index is -4.58. The molecule has 1 heterocycles. The maximum Gasteiger partial charge on any atom is 0.451 e. The van der Waals surface area contributed by atoms with Crippen molar-refractivity contribution in [3.05, 3.63) is 11.9 Å². The molecular weight excluding hydrogens is 287 g/mol. The lowest BCUT2D eigenvalue weighted by molar-refractivity contribution is -0.144. The summed E-state index contributed by atoms with van der Waals surface area (Å²) in [5.41, 5.74) is 0. The highest BCUT2D eigenvalue weighted by atomic mass is 19.4. The highest BCUT2D eigenvalue weighted by Gasteiger charge is 2.35. The van der Waals surface area contributed by atoms with Crippen molar-refractivity contribution in [2.75, 3.05) is 58.1 Å². The van der Waals surface area contributed by atoms with E-state index in [9.17, 15) is 13.2 Å². The smallest absolute Gasteiger partial charge is 0.378 e. The summed E-state index contributed by atoms with van der Waals surface area (Å²) in [5, 5.41) is 5.37. The number of hydrogen-bond donors (Lipinski definition) is 2. The molecule has 0 atom stereocenters. The standard InChI is InChI=1S/C12H20F3N5O/c1-16-9-8-10(19-11(18-9)12(13,14)15)17-4-6-21-7-5-20(2)3/h8H,4-7H2,1-3H3,(H2,16,17,18,19). The summed E-state index contributed by atoms with van der Waals surface area (Å²) in [5.74, 6) is -0.961. The number of alkyl halides is 3. The summed E-state index contributed by atoms with van der Waals surface area (Å²) < 4.78 is 43.3. The van der Waals surface area contributed by atoms with Crippen LogP contribution >= 0.6 is 0 Å². The van der Waals surface area contributed by atoms with Crippen LogP contribution in [0, 0.1) is 0 Å². The van der Waals surface area contributed by atoms with E-state index in [2.05, 4.69) is 20.6 Å². The number of halogens is 3. The second kappa shape index (κ2) is 7.99. The molecule has 1 rings (SSSR count). The lowest BCUT2D eigenvalue weighted by Crippen LogP contribution is -2.20. The number of nitrogens with one attached hydrogen (secondary N) is 2. The van der Waals surface area contributed by atoms with Crippen molar-refractivity contribution < 1.29 is 17.9 Å². The Morgan fingerprint density at radius 1 is 1.19 bits per heavy atom. The number of likely N-dealkylation sites (N-methyl/N-ethyl adjacent to an activating group) is 1. The van der Waals surface area contributed by atoms with Gasteiger partial charge in [-0.3, -0.25) is 0 Å². The Kier molecular flexibility index (Phi) is 6.63. The molecule has 0 aliphatic carbocycles. The van der Waals surface area contributed by atoms with Crippen molar-refractivity contribution in [3.63, 3.8) is 0 Å². The summed E-state index contributed by atoms with van der Waals surface area (Å²) in [4.78, 5) is 8.80. The zero-order chi connectivity index (χ0) is 15.9. The fraction of sp³-hybridized carbons (Fsp3) is 0.667. The van der Waals surface area contributed by atoms with Crippen LogP contribution in [0.2, 0.25) is 0 Å². The monoisotopic (exact) mass is 307 g/mol. The predicted octanol–water partition coefficient (Wildman–Crippen LogP) is 1.53. The zero-order valence-electron chi connectivity index (χ0n) is 12.3. The lowest BCUT2D eigenvalue weighted by Gasteiger charge is -2.12. The highest BCUT2D eigenvalue weighted by Crippen LogP contribution is 2.28. The van der Waals surface area contributed by atoms with Gasteiger partial charge in [-0.2, -0.15) is 13.2 Å². The Labute approximate surface area is 121 Å². The van der Waals surface area contributed by atoms with Crippen LogP contribution in [0.4, 0.5) is 24.8 Å². The van der Waals surface area contributed by atoms with E-state index in [-0.39, 0.29) is 11.6 Å². The van der Waals surface area contributed by atoms with Gasteiger partial charge >= 0.3 is 6.18 Å². The van der Waals surface area contributed by atoms with E-state index in [1.54, 1.807) is 0 Å². The normalized spacial score (nSPS) is 11.8. The molecule has 0 saturated carbocycles. The summed E-state index contributed by atoms with van der Waals surface area (Å²) in [6.45, 7) is 2.10. The number of ether oxygens (including phenoxy) is 1. The Morgan fingerprint density at radius 2 is 1.86 bits per heavy atom. The fourth-order valence-corrected chi connectivity index (χ4v) is 1.39. The van der Waals surface area contributed by atoms with Crippen LogP contribution in [0.3, 0.4) is 0 Å². The second-order valence-corrected chi connectivity index (χ2v) is 4.55. The lowest BCUT2D eigenvalue weighted by atomic mass is 10.4. The Hall–Kier alpha value is -1.61. The van der Waals surface area contributed by atoms with E-state index in [1.165, 1.54) is 13.1 Å². The van der Waals surface area contributed by atoms with Gasteiger partial charge < -0.3 is 20.3 Å². The molecule has 0 radical (unpaired) electrons. The van der Waals surface area contributed by atoms with E-state index >= 15 is 0 Å². The molecular formula is C12H20F3N5O. The average molecular weight is 307 g/mol. The maximum absolute atomic E-state index is 12.6. The van der Waals surface area contributed by atoms with Crippen molar-refractivity contribution in [2.24, 2.45) is 0 Å². The van der Waals surface area contributed by atoms with E-state index in [1.807, 2.05) is 19.0 Å². The molecule has 21 heavy (non-hydrogen) atoms. The van der Waals surface area contributed by atoms with Gasteiger partial charge in [-0.15, -0.1) is 0 Å². The Bertz CT molecular complexity index is 439. The Morgan fingerprint density at radius 3 is 2.43 bits per heavy atom. The molecule has 0 spiro atoms. The molecule has 1 aromatic rings. The number of nitrogens with zero attached hydrogens (tertiary/aromatic N) is 3. The van der Waals surface area contributed by atoms with Gasteiger partial charge in [0.15, 0.2) is 0 Å². The van der Waals surface area contributed by atoms with Crippen molar-refractivity contribution in [1.29, 1.82) is 0 Å². The van der Waals surface area contributed by atoms with Crippen molar-refractivity contribution in [1.82, 2.24) is 14.9 Å². The number of rotatable bonds is 8. The van der Waals surface area contributed by atoms with Crippen LogP contribution < -0.4 is 10.6 Å². The molecule has 9 heteroatoms. The van der Waals surface area contributed by atoms with Crippen LogP contribution in [0.15, 0.2) is 6.07 Å². The van der Waals surface area contributed by atoms with Gasteiger partial charge in [0.25, 0.3) is 0 Å². The third kappa shape index (κ3) is 6.58. The van der Waals surface area contributed by atoms with Crippen LogP contribution in [-0.2, 0) is 10.9 Å². The fourth-order valence-electron chi connectivity index (χ4n) is 1.39. The van der Waals surface area contributed by atoms with Crippen LogP contribution in [0.1, 0.15) is 5.82 Å². The molecule has 0 saturated heterocycles. The third-order valence-electron chi connectivity index (χ3n) is 2.47. The molecule has 120 valence electrons. The van der Waals surface area contributed by atoms with Crippen LogP contribution in [-0.4, -0.2) is 62.3 Å². The molecule has 0 aliphatic rings. The number of anilines is 2. The van der Waals surface area contributed by atoms with Gasteiger partial charge in [0.05, 0.1) is 13.2 Å². The second-order valence-electron chi connectivity index (χ2n) is 4.55. The van der Waals surface area contributed by atoms with Crippen molar-refractivity contribution >= 4 is 11.6 Å². The molecule has 2 N–H and O–H groups in total. The maximum atomic E-state index is 12.6. The van der Waals surface area contributed by atoms with Gasteiger partial charge in [0.1, 0.15) is 11.6 Å². The molecule has 6 nitrogen and oxygen atoms in total. The first kappa shape index (κ1) is 17.4. The number of hydrogen-bond acceptors (Lipinski definition) is 6. The summed E-state index contributed by atoms with van der Waals surface area (Å²) in [6.07, 6.45) is -4.58. The summed E-state index contributed by atoms with van der Waals surface area (Å²) in [6, 6.07) is 1.41. The predicted molar refractivity (Wildman–Crippen MR) is 74.4 cm³/mol. The van der Waals surface area contributed by atoms with Crippen LogP contribution in [0.5, 0.6) is 0 Å².